The minimum absolute atomic E-state index is 0.227. The van der Waals surface area contributed by atoms with Crippen molar-refractivity contribution in [2.24, 2.45) is 11.7 Å². The molecule has 1 heterocycles. The van der Waals surface area contributed by atoms with Gasteiger partial charge in [-0.3, -0.25) is 4.68 Å². The Morgan fingerprint density at radius 1 is 1.50 bits per heavy atom. The minimum Gasteiger partial charge on any atom is -0.326 e. The summed E-state index contributed by atoms with van der Waals surface area (Å²) in [6.07, 6.45) is 4.78. The normalized spacial score (nSPS) is 13.7. The van der Waals surface area contributed by atoms with E-state index in [-0.39, 0.29) is 6.04 Å². The van der Waals surface area contributed by atoms with Crippen LogP contribution >= 0.6 is 0 Å². The quantitative estimate of drug-likeness (QED) is 0.733. The number of aromatic nitrogens is 2. The first kappa shape index (κ1) is 9.26. The van der Waals surface area contributed by atoms with Gasteiger partial charge in [-0.2, -0.15) is 5.10 Å². The summed E-state index contributed by atoms with van der Waals surface area (Å²) in [5.41, 5.74) is 5.90. The van der Waals surface area contributed by atoms with Crippen LogP contribution in [0, 0.1) is 5.92 Å². The molecular weight excluding hydrogens is 150 g/mol. The van der Waals surface area contributed by atoms with Crippen LogP contribution in [0.5, 0.6) is 0 Å². The SMILES string of the molecule is CC(C)CC(N)Cn1cccn1. The second-order valence-corrected chi connectivity index (χ2v) is 3.62. The van der Waals surface area contributed by atoms with Gasteiger partial charge in [-0.15, -0.1) is 0 Å². The van der Waals surface area contributed by atoms with E-state index in [0.717, 1.165) is 13.0 Å². The van der Waals surface area contributed by atoms with E-state index in [2.05, 4.69) is 18.9 Å². The van der Waals surface area contributed by atoms with E-state index < -0.39 is 0 Å². The Bertz CT molecular complexity index is 204. The predicted molar refractivity (Wildman–Crippen MR) is 49.7 cm³/mol. The van der Waals surface area contributed by atoms with Crippen molar-refractivity contribution in [1.29, 1.82) is 0 Å². The van der Waals surface area contributed by atoms with Gasteiger partial charge < -0.3 is 5.73 Å². The van der Waals surface area contributed by atoms with Crippen LogP contribution in [-0.2, 0) is 6.54 Å². The van der Waals surface area contributed by atoms with Crippen molar-refractivity contribution >= 4 is 0 Å². The van der Waals surface area contributed by atoms with Gasteiger partial charge in [0.25, 0.3) is 0 Å². The van der Waals surface area contributed by atoms with Crippen LogP contribution in [0.3, 0.4) is 0 Å². The lowest BCUT2D eigenvalue weighted by Gasteiger charge is -2.13. The molecule has 12 heavy (non-hydrogen) atoms. The smallest absolute Gasteiger partial charge is 0.0560 e. The molecule has 1 unspecified atom stereocenters. The number of nitrogens with zero attached hydrogens (tertiary/aromatic N) is 2. The van der Waals surface area contributed by atoms with Gasteiger partial charge in [0, 0.05) is 18.4 Å². The Morgan fingerprint density at radius 3 is 2.75 bits per heavy atom. The van der Waals surface area contributed by atoms with E-state index in [4.69, 9.17) is 5.73 Å². The Balaban J connectivity index is 2.32. The third kappa shape index (κ3) is 3.05. The zero-order valence-corrected chi connectivity index (χ0v) is 7.77. The van der Waals surface area contributed by atoms with Crippen LogP contribution in [0.1, 0.15) is 20.3 Å². The molecule has 0 spiro atoms. The highest BCUT2D eigenvalue weighted by Crippen LogP contribution is 2.03. The second kappa shape index (κ2) is 4.26. The lowest BCUT2D eigenvalue weighted by molar-refractivity contribution is 0.429. The largest absolute Gasteiger partial charge is 0.326 e. The van der Waals surface area contributed by atoms with Gasteiger partial charge in [-0.1, -0.05) is 13.8 Å². The molecule has 0 aliphatic carbocycles. The maximum absolute atomic E-state index is 5.90. The lowest BCUT2D eigenvalue weighted by Crippen LogP contribution is -2.27. The molecule has 0 aliphatic heterocycles. The fourth-order valence-corrected chi connectivity index (χ4v) is 1.33. The van der Waals surface area contributed by atoms with Crippen molar-refractivity contribution in [2.75, 3.05) is 0 Å². The van der Waals surface area contributed by atoms with E-state index in [9.17, 15) is 0 Å². The van der Waals surface area contributed by atoms with Gasteiger partial charge in [0.15, 0.2) is 0 Å². The van der Waals surface area contributed by atoms with E-state index >= 15 is 0 Å². The monoisotopic (exact) mass is 167 g/mol. The van der Waals surface area contributed by atoms with Crippen LogP contribution in [0.15, 0.2) is 18.5 Å². The van der Waals surface area contributed by atoms with E-state index in [1.807, 2.05) is 16.9 Å². The van der Waals surface area contributed by atoms with E-state index in [1.165, 1.54) is 0 Å². The van der Waals surface area contributed by atoms with Crippen LogP contribution in [0.2, 0.25) is 0 Å². The minimum atomic E-state index is 0.227. The molecule has 0 fully saturated rings. The van der Waals surface area contributed by atoms with Gasteiger partial charge in [0.2, 0.25) is 0 Å². The van der Waals surface area contributed by atoms with E-state index in [1.54, 1.807) is 6.20 Å². The summed E-state index contributed by atoms with van der Waals surface area (Å²) in [7, 11) is 0. The summed E-state index contributed by atoms with van der Waals surface area (Å²) in [5, 5.41) is 4.10. The molecule has 1 aromatic rings. The van der Waals surface area contributed by atoms with Crippen LogP contribution < -0.4 is 5.73 Å². The molecule has 0 aliphatic rings. The zero-order valence-electron chi connectivity index (χ0n) is 7.77. The first-order chi connectivity index (χ1) is 5.68. The van der Waals surface area contributed by atoms with Gasteiger partial charge in [-0.25, -0.2) is 0 Å². The van der Waals surface area contributed by atoms with Crippen LogP contribution in [0.25, 0.3) is 0 Å². The highest BCUT2D eigenvalue weighted by Gasteiger charge is 2.05. The third-order valence-electron chi connectivity index (χ3n) is 1.75. The number of rotatable bonds is 4. The molecule has 1 rings (SSSR count). The first-order valence-corrected chi connectivity index (χ1v) is 4.41. The summed E-state index contributed by atoms with van der Waals surface area (Å²) in [5.74, 6) is 0.663. The lowest BCUT2D eigenvalue weighted by atomic mass is 10.1. The average molecular weight is 167 g/mol. The Morgan fingerprint density at radius 2 is 2.25 bits per heavy atom. The van der Waals surface area contributed by atoms with Crippen molar-refractivity contribution in [3.63, 3.8) is 0 Å². The Kier molecular flexibility index (Phi) is 3.29. The summed E-state index contributed by atoms with van der Waals surface area (Å²) in [4.78, 5) is 0. The van der Waals surface area contributed by atoms with Gasteiger partial charge in [0.05, 0.1) is 6.54 Å². The molecule has 68 valence electrons. The van der Waals surface area contributed by atoms with Crippen molar-refractivity contribution in [1.82, 2.24) is 9.78 Å². The molecule has 1 atom stereocenters. The van der Waals surface area contributed by atoms with Gasteiger partial charge >= 0.3 is 0 Å². The van der Waals surface area contributed by atoms with Gasteiger partial charge in [-0.05, 0) is 18.4 Å². The summed E-state index contributed by atoms with van der Waals surface area (Å²) in [6, 6.07) is 2.15. The number of hydrogen-bond acceptors (Lipinski definition) is 2. The first-order valence-electron chi connectivity index (χ1n) is 4.41. The fraction of sp³-hybridized carbons (Fsp3) is 0.667. The van der Waals surface area contributed by atoms with Crippen molar-refractivity contribution in [3.8, 4) is 0 Å². The van der Waals surface area contributed by atoms with Gasteiger partial charge in [0.1, 0.15) is 0 Å². The highest BCUT2D eigenvalue weighted by molar-refractivity contribution is 4.79. The standard InChI is InChI=1S/C9H17N3/c1-8(2)6-9(10)7-12-5-3-4-11-12/h3-5,8-9H,6-7,10H2,1-2H3. The van der Waals surface area contributed by atoms with Crippen LogP contribution in [-0.4, -0.2) is 15.8 Å². The Hall–Kier alpha value is -0.830. The molecule has 0 bridgehead atoms. The average Bonchev–Trinajstić information content (AvgIpc) is 2.37. The van der Waals surface area contributed by atoms with Crippen LogP contribution in [0.4, 0.5) is 0 Å². The number of hydrogen-bond donors (Lipinski definition) is 1. The predicted octanol–water partition coefficient (Wildman–Crippen LogP) is 1.26. The maximum atomic E-state index is 5.90. The molecule has 3 heteroatoms. The fourth-order valence-electron chi connectivity index (χ4n) is 1.33. The zero-order chi connectivity index (χ0) is 8.97. The summed E-state index contributed by atoms with van der Waals surface area (Å²) < 4.78 is 1.88. The summed E-state index contributed by atoms with van der Waals surface area (Å²) >= 11 is 0. The van der Waals surface area contributed by atoms with Crippen molar-refractivity contribution in [2.45, 2.75) is 32.9 Å². The molecule has 0 radical (unpaired) electrons. The summed E-state index contributed by atoms with van der Waals surface area (Å²) in [6.45, 7) is 5.19. The molecule has 2 N–H and O–H groups in total. The highest BCUT2D eigenvalue weighted by atomic mass is 15.3. The van der Waals surface area contributed by atoms with Crippen molar-refractivity contribution < 1.29 is 0 Å². The Labute approximate surface area is 73.6 Å². The molecular formula is C9H17N3. The van der Waals surface area contributed by atoms with E-state index in [0.29, 0.717) is 5.92 Å². The molecule has 0 saturated heterocycles. The molecule has 3 nitrogen and oxygen atoms in total. The second-order valence-electron chi connectivity index (χ2n) is 3.62. The molecule has 1 aromatic heterocycles. The van der Waals surface area contributed by atoms with Crippen molar-refractivity contribution in [3.05, 3.63) is 18.5 Å². The third-order valence-corrected chi connectivity index (χ3v) is 1.75. The maximum Gasteiger partial charge on any atom is 0.0560 e. The number of nitrogens with two attached hydrogens (primary N) is 1. The topological polar surface area (TPSA) is 43.8 Å². The molecule has 0 saturated carbocycles. The molecule has 0 amide bonds. The molecule has 0 aromatic carbocycles.